The highest BCUT2D eigenvalue weighted by Gasteiger charge is 2.39. The van der Waals surface area contributed by atoms with Crippen molar-refractivity contribution in [3.05, 3.63) is 0 Å². The second-order valence-corrected chi connectivity index (χ2v) is 4.83. The lowest BCUT2D eigenvalue weighted by molar-refractivity contribution is -0.140. The van der Waals surface area contributed by atoms with E-state index in [1.807, 2.05) is 13.8 Å². The summed E-state index contributed by atoms with van der Waals surface area (Å²) in [4.78, 5) is 36.2. The normalized spacial score (nSPS) is 19.8. The molecule has 0 aromatic rings. The van der Waals surface area contributed by atoms with E-state index in [1.54, 1.807) is 0 Å². The molecule has 6 nitrogen and oxygen atoms in total. The summed E-state index contributed by atoms with van der Waals surface area (Å²) in [6.07, 6.45) is 0.406. The van der Waals surface area contributed by atoms with Crippen LogP contribution in [0.4, 0.5) is 0 Å². The molecule has 1 atom stereocenters. The molecule has 3 N–H and O–H groups in total. The van der Waals surface area contributed by atoms with E-state index in [9.17, 15) is 14.4 Å². The van der Waals surface area contributed by atoms with E-state index in [1.165, 1.54) is 4.90 Å². The molecule has 0 aromatic heterocycles. The molecule has 18 heavy (non-hydrogen) atoms. The Bertz CT molecular complexity index is 341. The number of carbonyl (C=O) groups is 3. The van der Waals surface area contributed by atoms with E-state index >= 15 is 0 Å². The molecule has 0 aliphatic carbocycles. The Morgan fingerprint density at radius 3 is 2.67 bits per heavy atom. The molecule has 1 fully saturated rings. The van der Waals surface area contributed by atoms with Crippen LogP contribution >= 0.6 is 0 Å². The molecule has 6 heteroatoms. The number of nitrogens with two attached hydrogens (primary N) is 1. The van der Waals surface area contributed by atoms with Crippen molar-refractivity contribution in [1.82, 2.24) is 10.2 Å². The molecule has 3 amide bonds. The monoisotopic (exact) mass is 255 g/mol. The molecule has 1 heterocycles. The Labute approximate surface area is 107 Å². The minimum atomic E-state index is -0.232. The van der Waals surface area contributed by atoms with Crippen LogP contribution in [0.3, 0.4) is 0 Å². The van der Waals surface area contributed by atoms with Gasteiger partial charge in [-0.25, -0.2) is 0 Å². The van der Waals surface area contributed by atoms with Crippen molar-refractivity contribution < 1.29 is 14.4 Å². The van der Waals surface area contributed by atoms with Gasteiger partial charge in [-0.15, -0.1) is 0 Å². The van der Waals surface area contributed by atoms with Crippen LogP contribution in [0.15, 0.2) is 0 Å². The number of rotatable bonds is 6. The molecule has 1 rings (SSSR count). The van der Waals surface area contributed by atoms with Gasteiger partial charge in [0.25, 0.3) is 0 Å². The molecule has 0 spiro atoms. The molecular weight excluding hydrogens is 234 g/mol. The minimum absolute atomic E-state index is 0.141. The first-order valence-corrected chi connectivity index (χ1v) is 6.28. The summed E-state index contributed by atoms with van der Waals surface area (Å²) in [6.45, 7) is 4.80. The number of nitrogens with one attached hydrogen (secondary N) is 1. The van der Waals surface area contributed by atoms with E-state index in [4.69, 9.17) is 5.73 Å². The summed E-state index contributed by atoms with van der Waals surface area (Å²) in [5, 5.41) is 2.61. The average molecular weight is 255 g/mol. The zero-order valence-electron chi connectivity index (χ0n) is 10.9. The van der Waals surface area contributed by atoms with E-state index in [0.29, 0.717) is 13.1 Å². The van der Waals surface area contributed by atoms with Crippen LogP contribution in [0.25, 0.3) is 0 Å². The predicted octanol–water partition coefficient (Wildman–Crippen LogP) is -0.517. The fraction of sp³-hybridized carbons (Fsp3) is 0.750. The number of nitrogens with zero attached hydrogens (tertiary/aromatic N) is 1. The third-order valence-electron chi connectivity index (χ3n) is 3.11. The van der Waals surface area contributed by atoms with Gasteiger partial charge in [0, 0.05) is 38.4 Å². The number of carbonyl (C=O) groups excluding carboxylic acids is 3. The van der Waals surface area contributed by atoms with Gasteiger partial charge >= 0.3 is 0 Å². The van der Waals surface area contributed by atoms with Gasteiger partial charge in [-0.05, 0) is 5.92 Å². The maximum Gasteiger partial charge on any atom is 0.233 e. The van der Waals surface area contributed by atoms with Crippen LogP contribution in [0, 0.1) is 11.8 Å². The summed E-state index contributed by atoms with van der Waals surface area (Å²) in [6, 6.07) is 0. The van der Waals surface area contributed by atoms with Crippen molar-refractivity contribution in [3.8, 4) is 0 Å². The molecule has 0 saturated carbocycles. The third-order valence-corrected chi connectivity index (χ3v) is 3.11. The molecule has 102 valence electrons. The number of amides is 3. The molecule has 1 unspecified atom stereocenters. The predicted molar refractivity (Wildman–Crippen MR) is 66.3 cm³/mol. The summed E-state index contributed by atoms with van der Waals surface area (Å²) in [5.41, 5.74) is 5.26. The average Bonchev–Trinajstić information content (AvgIpc) is 2.60. The molecular formula is C12H21N3O3. The highest BCUT2D eigenvalue weighted by molar-refractivity contribution is 6.03. The van der Waals surface area contributed by atoms with Crippen molar-refractivity contribution in [2.24, 2.45) is 17.6 Å². The number of hydrogen-bond acceptors (Lipinski definition) is 4. The molecule has 1 aliphatic rings. The van der Waals surface area contributed by atoms with Gasteiger partial charge in [0.15, 0.2) is 0 Å². The van der Waals surface area contributed by atoms with Gasteiger partial charge < -0.3 is 11.1 Å². The topological polar surface area (TPSA) is 92.5 Å². The highest BCUT2D eigenvalue weighted by atomic mass is 16.2. The van der Waals surface area contributed by atoms with Crippen molar-refractivity contribution in [3.63, 3.8) is 0 Å². The van der Waals surface area contributed by atoms with Crippen LogP contribution in [0.1, 0.15) is 26.7 Å². The molecule has 1 aliphatic heterocycles. The lowest BCUT2D eigenvalue weighted by atomic mass is 9.94. The summed E-state index contributed by atoms with van der Waals surface area (Å²) in [5.74, 6) is -0.594. The van der Waals surface area contributed by atoms with E-state index < -0.39 is 0 Å². The Morgan fingerprint density at radius 2 is 2.17 bits per heavy atom. The zero-order valence-corrected chi connectivity index (χ0v) is 10.9. The van der Waals surface area contributed by atoms with E-state index in [2.05, 4.69) is 5.32 Å². The van der Waals surface area contributed by atoms with Crippen molar-refractivity contribution >= 4 is 17.7 Å². The molecule has 1 saturated heterocycles. The summed E-state index contributed by atoms with van der Waals surface area (Å²) >= 11 is 0. The van der Waals surface area contributed by atoms with Crippen molar-refractivity contribution in [1.29, 1.82) is 0 Å². The van der Waals surface area contributed by atoms with Crippen LogP contribution in [0.2, 0.25) is 0 Å². The zero-order chi connectivity index (χ0) is 13.7. The summed E-state index contributed by atoms with van der Waals surface area (Å²) in [7, 11) is 0. The Kier molecular flexibility index (Phi) is 5.27. The largest absolute Gasteiger partial charge is 0.355 e. The van der Waals surface area contributed by atoms with Crippen molar-refractivity contribution in [2.45, 2.75) is 26.7 Å². The summed E-state index contributed by atoms with van der Waals surface area (Å²) < 4.78 is 0. The highest BCUT2D eigenvalue weighted by Crippen LogP contribution is 2.26. The van der Waals surface area contributed by atoms with E-state index in [-0.39, 0.29) is 48.9 Å². The Hall–Kier alpha value is -1.43. The quantitative estimate of drug-likeness (QED) is 0.625. The fourth-order valence-electron chi connectivity index (χ4n) is 1.98. The third kappa shape index (κ3) is 3.53. The number of likely N-dealkylation sites (tertiary alicyclic amines) is 1. The van der Waals surface area contributed by atoms with Gasteiger partial charge in [0.2, 0.25) is 17.7 Å². The fourth-order valence-corrected chi connectivity index (χ4v) is 1.98. The van der Waals surface area contributed by atoms with Crippen LogP contribution < -0.4 is 11.1 Å². The maximum absolute atomic E-state index is 11.9. The lowest BCUT2D eigenvalue weighted by Gasteiger charge is -2.16. The first-order chi connectivity index (χ1) is 8.47. The first kappa shape index (κ1) is 14.6. The van der Waals surface area contributed by atoms with E-state index in [0.717, 1.165) is 0 Å². The smallest absolute Gasteiger partial charge is 0.233 e. The van der Waals surface area contributed by atoms with Gasteiger partial charge in [-0.1, -0.05) is 13.8 Å². The first-order valence-electron chi connectivity index (χ1n) is 6.28. The Morgan fingerprint density at radius 1 is 1.50 bits per heavy atom. The SMILES string of the molecule is CC(C)C1CC(=O)N(CCC(=O)NCCN)C1=O. The number of imide groups is 1. The lowest BCUT2D eigenvalue weighted by Crippen LogP contribution is -2.36. The second-order valence-electron chi connectivity index (χ2n) is 4.83. The van der Waals surface area contributed by atoms with Gasteiger partial charge in [0.1, 0.15) is 0 Å². The number of hydrogen-bond donors (Lipinski definition) is 2. The van der Waals surface area contributed by atoms with Crippen molar-refractivity contribution in [2.75, 3.05) is 19.6 Å². The van der Waals surface area contributed by atoms with Crippen LogP contribution in [0.5, 0.6) is 0 Å². The van der Waals surface area contributed by atoms with Crippen LogP contribution in [-0.4, -0.2) is 42.3 Å². The van der Waals surface area contributed by atoms with Crippen LogP contribution in [-0.2, 0) is 14.4 Å². The maximum atomic E-state index is 11.9. The van der Waals surface area contributed by atoms with Gasteiger partial charge in [0.05, 0.1) is 0 Å². The second kappa shape index (κ2) is 6.49. The van der Waals surface area contributed by atoms with Gasteiger partial charge in [-0.2, -0.15) is 0 Å². The standard InChI is InChI=1S/C12H21N3O3/c1-8(2)9-7-11(17)15(12(9)18)6-3-10(16)14-5-4-13/h8-9H,3-7,13H2,1-2H3,(H,14,16). The molecule has 0 bridgehead atoms. The molecule has 0 radical (unpaired) electrons. The molecule has 0 aromatic carbocycles. The minimum Gasteiger partial charge on any atom is -0.355 e. The van der Waals surface area contributed by atoms with Gasteiger partial charge in [-0.3, -0.25) is 19.3 Å². The Balaban J connectivity index is 2.45.